The number of aromatic nitrogens is 1. The van der Waals surface area contributed by atoms with Crippen LogP contribution in [0.15, 0.2) is 28.4 Å². The topological polar surface area (TPSA) is 134 Å². The van der Waals surface area contributed by atoms with Crippen LogP contribution in [-0.2, 0) is 22.7 Å². The Balaban J connectivity index is 1.98. The number of hydrogen-bond donors (Lipinski definition) is 3. The van der Waals surface area contributed by atoms with E-state index in [1.807, 2.05) is 0 Å². The maximum Gasteiger partial charge on any atom is 0.339 e. The van der Waals surface area contributed by atoms with Crippen LogP contribution in [-0.4, -0.2) is 32.1 Å². The summed E-state index contributed by atoms with van der Waals surface area (Å²) in [6.07, 6.45) is 0. The van der Waals surface area contributed by atoms with Crippen molar-refractivity contribution in [2.24, 2.45) is 10.2 Å². The zero-order chi connectivity index (χ0) is 19.8. The molecule has 0 saturated carbocycles. The SMILES string of the molecule is Cc1nc(N=Nc2ccc(C(=O)O)c(O)c2)c2c(c1O)COC(C)(C)OC2. The highest BCUT2D eigenvalue weighted by molar-refractivity contribution is 5.91. The van der Waals surface area contributed by atoms with Crippen molar-refractivity contribution >= 4 is 17.5 Å². The van der Waals surface area contributed by atoms with Crippen molar-refractivity contribution in [2.75, 3.05) is 0 Å². The number of fused-ring (bicyclic) bond motifs is 1. The average molecular weight is 373 g/mol. The van der Waals surface area contributed by atoms with Gasteiger partial charge in [0, 0.05) is 17.2 Å². The second kappa shape index (κ2) is 6.93. The summed E-state index contributed by atoms with van der Waals surface area (Å²) in [6, 6.07) is 3.85. The van der Waals surface area contributed by atoms with E-state index in [0.717, 1.165) is 0 Å². The highest BCUT2D eigenvalue weighted by Gasteiger charge is 2.28. The maximum absolute atomic E-state index is 11.0. The predicted octanol–water partition coefficient (Wildman–Crippen LogP) is 3.70. The van der Waals surface area contributed by atoms with Crippen molar-refractivity contribution in [1.82, 2.24) is 4.98 Å². The monoisotopic (exact) mass is 373 g/mol. The number of ether oxygens (including phenoxy) is 2. The Kier molecular flexibility index (Phi) is 4.81. The molecule has 3 N–H and O–H groups in total. The van der Waals surface area contributed by atoms with Gasteiger partial charge in [0.2, 0.25) is 0 Å². The Morgan fingerprint density at radius 1 is 1.15 bits per heavy atom. The summed E-state index contributed by atoms with van der Waals surface area (Å²) in [7, 11) is 0. The third-order valence-corrected chi connectivity index (χ3v) is 4.14. The fraction of sp³-hybridized carbons (Fsp3) is 0.333. The molecule has 0 amide bonds. The minimum Gasteiger partial charge on any atom is -0.507 e. The van der Waals surface area contributed by atoms with E-state index in [1.165, 1.54) is 18.2 Å². The van der Waals surface area contributed by atoms with E-state index < -0.39 is 17.5 Å². The molecular formula is C18H19N3O6. The highest BCUT2D eigenvalue weighted by atomic mass is 16.7. The van der Waals surface area contributed by atoms with Crippen LogP contribution in [0.25, 0.3) is 0 Å². The molecule has 1 aromatic heterocycles. The number of aromatic hydroxyl groups is 2. The molecule has 1 aliphatic heterocycles. The number of pyridine rings is 1. The number of carbonyl (C=O) groups is 1. The van der Waals surface area contributed by atoms with Crippen LogP contribution in [0.2, 0.25) is 0 Å². The Hall–Kier alpha value is -3.04. The molecular weight excluding hydrogens is 354 g/mol. The van der Waals surface area contributed by atoms with Crippen molar-refractivity contribution in [3.8, 4) is 11.5 Å². The van der Waals surface area contributed by atoms with Gasteiger partial charge in [0.15, 0.2) is 11.6 Å². The number of aryl methyl sites for hydroxylation is 1. The molecule has 1 aliphatic rings. The van der Waals surface area contributed by atoms with Gasteiger partial charge in [0.25, 0.3) is 0 Å². The standard InChI is InChI=1S/C18H19N3O6/c1-9-15(23)12-7-26-18(2,3)27-8-13(12)16(19-9)21-20-10-4-5-11(17(24)25)14(22)6-10/h4-6,22-23H,7-8H2,1-3H3,(H,24,25). The minimum atomic E-state index is -1.24. The number of carboxylic acids is 1. The molecule has 3 rings (SSSR count). The first-order chi connectivity index (χ1) is 12.7. The van der Waals surface area contributed by atoms with Gasteiger partial charge >= 0.3 is 5.97 Å². The summed E-state index contributed by atoms with van der Waals surface area (Å²) < 4.78 is 11.3. The van der Waals surface area contributed by atoms with Crippen molar-refractivity contribution in [3.63, 3.8) is 0 Å². The number of hydrogen-bond acceptors (Lipinski definition) is 8. The van der Waals surface area contributed by atoms with Crippen LogP contribution in [0.4, 0.5) is 11.5 Å². The third kappa shape index (κ3) is 3.88. The number of phenols is 1. The van der Waals surface area contributed by atoms with Crippen LogP contribution in [0.5, 0.6) is 11.5 Å². The molecule has 9 nitrogen and oxygen atoms in total. The zero-order valence-corrected chi connectivity index (χ0v) is 15.1. The van der Waals surface area contributed by atoms with Crippen molar-refractivity contribution in [2.45, 2.75) is 39.8 Å². The molecule has 0 aliphatic carbocycles. The number of aromatic carboxylic acids is 1. The zero-order valence-electron chi connectivity index (χ0n) is 15.1. The molecule has 2 heterocycles. The van der Waals surface area contributed by atoms with Gasteiger partial charge < -0.3 is 24.8 Å². The number of carboxylic acid groups (broad SMARTS) is 1. The summed E-state index contributed by atoms with van der Waals surface area (Å²) in [5, 5.41) is 37.1. The molecule has 0 unspecified atom stereocenters. The summed E-state index contributed by atoms with van der Waals surface area (Å²) in [5.41, 5.74) is 1.49. The van der Waals surface area contributed by atoms with Crippen LogP contribution >= 0.6 is 0 Å². The fourth-order valence-electron chi connectivity index (χ4n) is 2.57. The van der Waals surface area contributed by atoms with Gasteiger partial charge in [-0.3, -0.25) is 0 Å². The quantitative estimate of drug-likeness (QED) is 0.698. The lowest BCUT2D eigenvalue weighted by Gasteiger charge is -2.22. The first kappa shape index (κ1) is 18.7. The third-order valence-electron chi connectivity index (χ3n) is 4.14. The minimum absolute atomic E-state index is 0.0219. The molecule has 0 fully saturated rings. The van der Waals surface area contributed by atoms with Crippen molar-refractivity contribution < 1.29 is 29.6 Å². The van der Waals surface area contributed by atoms with Crippen LogP contribution in [0, 0.1) is 6.92 Å². The molecule has 1 aromatic carbocycles. The molecule has 0 spiro atoms. The smallest absolute Gasteiger partial charge is 0.339 e. The van der Waals surface area contributed by atoms with Gasteiger partial charge in [-0.2, -0.15) is 0 Å². The van der Waals surface area contributed by atoms with E-state index >= 15 is 0 Å². The Morgan fingerprint density at radius 2 is 1.81 bits per heavy atom. The van der Waals surface area contributed by atoms with E-state index in [9.17, 15) is 15.0 Å². The van der Waals surface area contributed by atoms with E-state index in [1.54, 1.807) is 20.8 Å². The normalized spacial score (nSPS) is 16.1. The first-order valence-electron chi connectivity index (χ1n) is 8.15. The van der Waals surface area contributed by atoms with E-state index in [2.05, 4.69) is 15.2 Å². The van der Waals surface area contributed by atoms with E-state index in [4.69, 9.17) is 14.6 Å². The Morgan fingerprint density at radius 3 is 2.44 bits per heavy atom. The molecule has 2 aromatic rings. The predicted molar refractivity (Wildman–Crippen MR) is 93.5 cm³/mol. The molecule has 9 heteroatoms. The second-order valence-electron chi connectivity index (χ2n) is 6.51. The van der Waals surface area contributed by atoms with Gasteiger partial charge in [-0.15, -0.1) is 10.2 Å². The Bertz CT molecular complexity index is 939. The summed E-state index contributed by atoms with van der Waals surface area (Å²) in [6.45, 7) is 5.43. The fourth-order valence-corrected chi connectivity index (χ4v) is 2.57. The van der Waals surface area contributed by atoms with Gasteiger partial charge in [0.05, 0.1) is 24.6 Å². The van der Waals surface area contributed by atoms with Crippen molar-refractivity contribution in [3.05, 3.63) is 40.6 Å². The summed E-state index contributed by atoms with van der Waals surface area (Å²) >= 11 is 0. The number of azo groups is 1. The lowest BCUT2D eigenvalue weighted by molar-refractivity contribution is -0.219. The van der Waals surface area contributed by atoms with Crippen LogP contribution in [0.1, 0.15) is 41.0 Å². The van der Waals surface area contributed by atoms with E-state index in [0.29, 0.717) is 16.8 Å². The molecule has 142 valence electrons. The maximum atomic E-state index is 11.0. The molecule has 0 bridgehead atoms. The summed E-state index contributed by atoms with van der Waals surface area (Å²) in [4.78, 5) is 15.2. The largest absolute Gasteiger partial charge is 0.507 e. The summed E-state index contributed by atoms with van der Waals surface area (Å²) in [5.74, 6) is -2.20. The van der Waals surface area contributed by atoms with Gasteiger partial charge in [-0.05, 0) is 32.9 Å². The molecule has 0 saturated heterocycles. The first-order valence-corrected chi connectivity index (χ1v) is 8.15. The van der Waals surface area contributed by atoms with Gasteiger partial charge in [0.1, 0.15) is 17.1 Å². The molecule has 27 heavy (non-hydrogen) atoms. The van der Waals surface area contributed by atoms with Crippen LogP contribution < -0.4 is 0 Å². The second-order valence-corrected chi connectivity index (χ2v) is 6.51. The van der Waals surface area contributed by atoms with Crippen molar-refractivity contribution in [1.29, 1.82) is 0 Å². The molecule has 0 radical (unpaired) electrons. The lowest BCUT2D eigenvalue weighted by atomic mass is 10.1. The van der Waals surface area contributed by atoms with Gasteiger partial charge in [-0.1, -0.05) is 0 Å². The van der Waals surface area contributed by atoms with Gasteiger partial charge in [-0.25, -0.2) is 9.78 Å². The number of rotatable bonds is 3. The van der Waals surface area contributed by atoms with E-state index in [-0.39, 0.29) is 36.0 Å². The highest BCUT2D eigenvalue weighted by Crippen LogP contribution is 2.37. The lowest BCUT2D eigenvalue weighted by Crippen LogP contribution is -2.25. The Labute approximate surface area is 154 Å². The number of benzene rings is 1. The number of nitrogens with zero attached hydrogens (tertiary/aromatic N) is 3. The average Bonchev–Trinajstić information content (AvgIpc) is 2.75. The molecule has 0 atom stereocenters. The van der Waals surface area contributed by atoms with Crippen LogP contribution in [0.3, 0.4) is 0 Å².